The van der Waals surface area contributed by atoms with E-state index in [0.717, 1.165) is 16.7 Å². The van der Waals surface area contributed by atoms with Gasteiger partial charge < -0.3 is 31.5 Å². The first kappa shape index (κ1) is 51.6. The van der Waals surface area contributed by atoms with E-state index in [1.807, 2.05) is 91.0 Å². The first-order valence-electron chi connectivity index (χ1n) is 21.8. The Morgan fingerprint density at radius 1 is 0.591 bits per heavy atom. The Labute approximate surface area is 407 Å². The molecule has 5 aromatic rings. The maximum atomic E-state index is 14.9. The smallest absolute Gasteiger partial charge is 0.245 e. The second kappa shape index (κ2) is 25.5. The van der Waals surface area contributed by atoms with Crippen molar-refractivity contribution in [2.45, 2.75) is 57.5 Å². The minimum Gasteiger partial charge on any atom is -0.368 e. The van der Waals surface area contributed by atoms with Crippen LogP contribution in [-0.2, 0) is 43.2 Å². The number of carbonyl (C=O) groups excluding carboxylic acids is 5. The molecule has 0 heterocycles. The summed E-state index contributed by atoms with van der Waals surface area (Å²) in [5.41, 5.74) is 16.3. The average molecular weight is 975 g/mol. The van der Waals surface area contributed by atoms with Crippen molar-refractivity contribution in [3.8, 4) is 0 Å². The van der Waals surface area contributed by atoms with Gasteiger partial charge in [0.15, 0.2) is 0 Å². The van der Waals surface area contributed by atoms with E-state index in [2.05, 4.69) is 5.32 Å². The van der Waals surface area contributed by atoms with Crippen molar-refractivity contribution in [3.05, 3.63) is 175 Å². The lowest BCUT2D eigenvalue weighted by atomic mass is 9.88. The highest BCUT2D eigenvalue weighted by atomic mass is 35.5. The average Bonchev–Trinajstić information content (AvgIpc) is 3.29. The lowest BCUT2D eigenvalue weighted by Gasteiger charge is -2.33. The number of carbonyl (C=O) groups is 5. The molecule has 0 bridgehead atoms. The molecule has 348 valence electrons. The van der Waals surface area contributed by atoms with E-state index >= 15 is 0 Å². The molecular formula is C51H56Cl4N6O5. The Morgan fingerprint density at radius 3 is 1.52 bits per heavy atom. The van der Waals surface area contributed by atoms with Crippen LogP contribution < -0.4 is 16.8 Å². The second-order valence-corrected chi connectivity index (χ2v) is 18.2. The molecule has 2 unspecified atom stereocenters. The van der Waals surface area contributed by atoms with Gasteiger partial charge in [-0.05, 0) is 83.7 Å². The number of halogens is 4. The molecule has 0 fully saturated rings. The zero-order chi connectivity index (χ0) is 47.8. The second-order valence-electron chi connectivity index (χ2n) is 16.5. The molecule has 0 saturated carbocycles. The Balaban J connectivity index is 1.47. The highest BCUT2D eigenvalue weighted by molar-refractivity contribution is 6.35. The fourth-order valence-electron chi connectivity index (χ4n) is 7.64. The predicted octanol–water partition coefficient (Wildman–Crippen LogP) is 7.99. The summed E-state index contributed by atoms with van der Waals surface area (Å²) in [7, 11) is 0. The van der Waals surface area contributed by atoms with Gasteiger partial charge in [-0.2, -0.15) is 0 Å². The van der Waals surface area contributed by atoms with Crippen molar-refractivity contribution in [1.29, 1.82) is 0 Å². The number of primary amides is 1. The molecule has 5 aromatic carbocycles. The van der Waals surface area contributed by atoms with Crippen molar-refractivity contribution in [2.75, 3.05) is 39.3 Å². The molecular weight excluding hydrogens is 918 g/mol. The van der Waals surface area contributed by atoms with E-state index in [4.69, 9.17) is 57.9 Å². The van der Waals surface area contributed by atoms with Crippen molar-refractivity contribution in [2.24, 2.45) is 17.4 Å². The van der Waals surface area contributed by atoms with Gasteiger partial charge in [0.2, 0.25) is 29.5 Å². The third kappa shape index (κ3) is 15.6. The van der Waals surface area contributed by atoms with Gasteiger partial charge in [0.1, 0.15) is 6.04 Å². The van der Waals surface area contributed by atoms with Gasteiger partial charge in [0.25, 0.3) is 0 Å². The van der Waals surface area contributed by atoms with Crippen LogP contribution in [0.1, 0.15) is 54.0 Å². The van der Waals surface area contributed by atoms with E-state index in [0.29, 0.717) is 37.6 Å². The molecule has 0 aromatic heterocycles. The molecule has 0 radical (unpaired) electrons. The van der Waals surface area contributed by atoms with Crippen LogP contribution in [0.5, 0.6) is 0 Å². The van der Waals surface area contributed by atoms with E-state index in [1.54, 1.807) is 50.2 Å². The first-order chi connectivity index (χ1) is 31.6. The lowest BCUT2D eigenvalue weighted by Crippen LogP contribution is -2.57. The maximum Gasteiger partial charge on any atom is 0.245 e. The monoisotopic (exact) mass is 972 g/mol. The summed E-state index contributed by atoms with van der Waals surface area (Å²) in [5.74, 6) is -3.42. The molecule has 0 spiro atoms. The van der Waals surface area contributed by atoms with Crippen molar-refractivity contribution in [3.63, 3.8) is 0 Å². The minimum absolute atomic E-state index is 0.0230. The Morgan fingerprint density at radius 2 is 1.05 bits per heavy atom. The number of hydrogen-bond acceptors (Lipinski definition) is 6. The van der Waals surface area contributed by atoms with E-state index < -0.39 is 67.2 Å². The Hall–Kier alpha value is -5.43. The third-order valence-electron chi connectivity index (χ3n) is 11.3. The van der Waals surface area contributed by atoms with Gasteiger partial charge >= 0.3 is 0 Å². The zero-order valence-corrected chi connectivity index (χ0v) is 40.1. The van der Waals surface area contributed by atoms with Crippen LogP contribution in [0.15, 0.2) is 127 Å². The number of nitrogens with two attached hydrogens (primary N) is 2. The molecule has 66 heavy (non-hydrogen) atoms. The molecule has 0 aliphatic carbocycles. The highest BCUT2D eigenvalue weighted by Crippen LogP contribution is 2.29. The molecule has 0 saturated heterocycles. The highest BCUT2D eigenvalue weighted by Gasteiger charge is 2.33. The van der Waals surface area contributed by atoms with Crippen molar-refractivity contribution >= 4 is 75.9 Å². The van der Waals surface area contributed by atoms with Crippen molar-refractivity contribution < 1.29 is 24.0 Å². The number of amides is 5. The summed E-state index contributed by atoms with van der Waals surface area (Å²) < 4.78 is 0. The molecule has 11 nitrogen and oxygen atoms in total. The largest absolute Gasteiger partial charge is 0.368 e. The van der Waals surface area contributed by atoms with Crippen LogP contribution in [0.2, 0.25) is 20.1 Å². The fraction of sp³-hybridized carbons (Fsp3) is 0.314. The molecule has 2 atom stereocenters. The van der Waals surface area contributed by atoms with Crippen LogP contribution in [0.3, 0.4) is 0 Å². The van der Waals surface area contributed by atoms with Crippen LogP contribution in [0.4, 0.5) is 0 Å². The SMILES string of the molecule is CC(C)C(NC(=O)C(N)Cc1ccccc1)C(=O)N(CCc1ccc(Cl)cc1Cl)CC(=O)N(CCC(c1ccccc1)c1ccccc1)CC(=O)N(CCc1ccc(Cl)cc1Cl)CC(N)=O. The first-order valence-corrected chi connectivity index (χ1v) is 23.3. The van der Waals surface area contributed by atoms with Crippen LogP contribution in [0, 0.1) is 5.92 Å². The molecule has 5 N–H and O–H groups in total. The van der Waals surface area contributed by atoms with Crippen LogP contribution in [0.25, 0.3) is 0 Å². The number of nitrogens with zero attached hydrogens (tertiary/aromatic N) is 3. The molecule has 15 heteroatoms. The van der Waals surface area contributed by atoms with Crippen molar-refractivity contribution in [1.82, 2.24) is 20.0 Å². The molecule has 0 aliphatic heterocycles. The topological polar surface area (TPSA) is 159 Å². The normalized spacial score (nSPS) is 12.1. The summed E-state index contributed by atoms with van der Waals surface area (Å²) in [6, 6.07) is 37.1. The lowest BCUT2D eigenvalue weighted by molar-refractivity contribution is -0.146. The van der Waals surface area contributed by atoms with Crippen LogP contribution >= 0.6 is 46.4 Å². The Kier molecular flexibility index (Phi) is 19.9. The summed E-state index contributed by atoms with van der Waals surface area (Å²) in [4.78, 5) is 74.1. The number of rotatable bonds is 23. The van der Waals surface area contributed by atoms with Gasteiger partial charge in [-0.25, -0.2) is 0 Å². The summed E-state index contributed by atoms with van der Waals surface area (Å²) in [6.07, 6.45) is 1.17. The number of nitrogens with one attached hydrogen (secondary N) is 1. The number of benzene rings is 5. The summed E-state index contributed by atoms with van der Waals surface area (Å²) in [5, 5.41) is 4.54. The fourth-order valence-corrected chi connectivity index (χ4v) is 8.64. The Bertz CT molecular complexity index is 2370. The maximum absolute atomic E-state index is 14.9. The molecule has 5 amide bonds. The standard InChI is InChI=1S/C51H56Cl4N6O5/c1-34(2)49(58-50(65)45(56)28-35-12-6-3-7-13-35)51(66)61(26-23-39-19-21-41(53)30-44(39)55)33-48(64)60(27-24-42(36-14-8-4-9-15-36)37-16-10-5-11-17-37)32-47(63)59(31-46(57)62)25-22-38-18-20-40(52)29-43(38)54/h3-21,29-30,34,42,45,49H,22-28,31-33,56H2,1-2H3,(H2,57,62)(H,58,65). The van der Waals surface area contributed by atoms with E-state index in [1.165, 1.54) is 14.7 Å². The summed E-state index contributed by atoms with van der Waals surface area (Å²) in [6.45, 7) is 2.48. The van der Waals surface area contributed by atoms with Gasteiger partial charge in [-0.15, -0.1) is 0 Å². The van der Waals surface area contributed by atoms with E-state index in [-0.39, 0.29) is 44.8 Å². The van der Waals surface area contributed by atoms with Gasteiger partial charge in [0, 0.05) is 45.6 Å². The predicted molar refractivity (Wildman–Crippen MR) is 264 cm³/mol. The van der Waals surface area contributed by atoms with Gasteiger partial charge in [-0.1, -0.05) is 163 Å². The van der Waals surface area contributed by atoms with Crippen LogP contribution in [-0.4, -0.2) is 95.6 Å². The quantitative estimate of drug-likeness (QED) is 0.0602. The van der Waals surface area contributed by atoms with Gasteiger partial charge in [0.05, 0.1) is 25.7 Å². The minimum atomic E-state index is -1.06. The molecule has 0 aliphatic rings. The van der Waals surface area contributed by atoms with E-state index in [9.17, 15) is 24.0 Å². The third-order valence-corrected chi connectivity index (χ3v) is 12.5. The summed E-state index contributed by atoms with van der Waals surface area (Å²) >= 11 is 25.4. The zero-order valence-electron chi connectivity index (χ0n) is 37.1. The molecule has 5 rings (SSSR count). The number of hydrogen-bond donors (Lipinski definition) is 3. The van der Waals surface area contributed by atoms with Gasteiger partial charge in [-0.3, -0.25) is 24.0 Å².